The predicted octanol–water partition coefficient (Wildman–Crippen LogP) is 2.01. The molecule has 38 heavy (non-hydrogen) atoms. The van der Waals surface area contributed by atoms with Crippen molar-refractivity contribution < 1.29 is 41.9 Å². The lowest BCUT2D eigenvalue weighted by Gasteiger charge is -2.33. The number of hydrazine groups is 1. The number of alkyl halides is 3. The highest BCUT2D eigenvalue weighted by atomic mass is 19.4. The first-order chi connectivity index (χ1) is 17.1. The number of nitrogens with zero attached hydrogens (tertiary/aromatic N) is 1. The van der Waals surface area contributed by atoms with E-state index in [1.807, 2.05) is 0 Å². The lowest BCUT2D eigenvalue weighted by atomic mass is 9.85. The highest BCUT2D eigenvalue weighted by Crippen LogP contribution is 2.23. The number of nitrogens with one attached hydrogen (secondary N) is 4. The number of ether oxygens (including phenoxy) is 1. The maximum atomic E-state index is 13.3. The number of hydrogen-bond acceptors (Lipinski definition) is 6. The van der Waals surface area contributed by atoms with Crippen molar-refractivity contribution in [3.63, 3.8) is 0 Å². The molecule has 0 aromatic carbocycles. The monoisotopic (exact) mass is 551 g/mol. The molecule has 5 amide bonds. The van der Waals surface area contributed by atoms with Gasteiger partial charge in [0.2, 0.25) is 11.8 Å². The van der Waals surface area contributed by atoms with Crippen molar-refractivity contribution in [2.45, 2.75) is 92.1 Å². The van der Waals surface area contributed by atoms with Crippen molar-refractivity contribution in [1.82, 2.24) is 26.4 Å². The molecule has 11 nitrogen and oxygen atoms in total. The second-order valence-corrected chi connectivity index (χ2v) is 11.8. The van der Waals surface area contributed by atoms with Gasteiger partial charge < -0.3 is 20.7 Å². The van der Waals surface area contributed by atoms with E-state index in [9.17, 15) is 37.1 Å². The first kappa shape index (κ1) is 33.0. The molecule has 0 unspecified atom stereocenters. The predicted molar refractivity (Wildman–Crippen MR) is 131 cm³/mol. The fourth-order valence-electron chi connectivity index (χ4n) is 3.58. The van der Waals surface area contributed by atoms with Crippen molar-refractivity contribution >= 4 is 29.7 Å². The van der Waals surface area contributed by atoms with Crippen LogP contribution in [0, 0.1) is 17.3 Å². The summed E-state index contributed by atoms with van der Waals surface area (Å²) < 4.78 is 44.0. The van der Waals surface area contributed by atoms with Gasteiger partial charge in [-0.05, 0) is 44.9 Å². The van der Waals surface area contributed by atoms with Crippen LogP contribution < -0.4 is 21.4 Å². The molecule has 1 heterocycles. The van der Waals surface area contributed by atoms with E-state index in [-0.39, 0.29) is 24.8 Å². The van der Waals surface area contributed by atoms with Gasteiger partial charge in [0.1, 0.15) is 17.7 Å². The molecule has 218 valence electrons. The first-order valence-corrected chi connectivity index (χ1v) is 12.4. The molecule has 0 saturated carbocycles. The van der Waals surface area contributed by atoms with E-state index < -0.39 is 59.0 Å². The van der Waals surface area contributed by atoms with Gasteiger partial charge >= 0.3 is 18.2 Å². The first-order valence-electron chi connectivity index (χ1n) is 12.4. The van der Waals surface area contributed by atoms with Crippen molar-refractivity contribution in [2.24, 2.45) is 17.3 Å². The Morgan fingerprint density at radius 3 is 2.03 bits per heavy atom. The number of hydrogen-bond donors (Lipinski definition) is 4. The largest absolute Gasteiger partial charge is 0.471 e. The Balaban J connectivity index is 3.18. The topological polar surface area (TPSA) is 146 Å². The Kier molecular flexibility index (Phi) is 11.0. The second kappa shape index (κ2) is 12.7. The van der Waals surface area contributed by atoms with Gasteiger partial charge in [0.15, 0.2) is 0 Å². The lowest BCUT2D eigenvalue weighted by molar-refractivity contribution is -0.175. The highest BCUT2D eigenvalue weighted by Gasteiger charge is 2.44. The van der Waals surface area contributed by atoms with Crippen LogP contribution in [0.15, 0.2) is 0 Å². The number of halogens is 3. The summed E-state index contributed by atoms with van der Waals surface area (Å²) in [6.45, 7) is 13.0. The summed E-state index contributed by atoms with van der Waals surface area (Å²) in [6.07, 6.45) is -5.65. The Bertz CT molecular complexity index is 895. The Labute approximate surface area is 220 Å². The lowest BCUT2D eigenvalue weighted by Crippen LogP contribution is -2.61. The smallest absolute Gasteiger partial charge is 0.442 e. The van der Waals surface area contributed by atoms with E-state index in [4.69, 9.17) is 4.74 Å². The molecule has 3 atom stereocenters. The third-order valence-corrected chi connectivity index (χ3v) is 5.43. The molecule has 14 heteroatoms. The third kappa shape index (κ3) is 10.7. The minimum Gasteiger partial charge on any atom is -0.442 e. The number of rotatable bonds is 8. The van der Waals surface area contributed by atoms with Crippen LogP contribution >= 0.6 is 0 Å². The van der Waals surface area contributed by atoms with Gasteiger partial charge in [0.05, 0.1) is 12.5 Å². The van der Waals surface area contributed by atoms with Crippen LogP contribution in [0.1, 0.15) is 68.2 Å². The average Bonchev–Trinajstić information content (AvgIpc) is 3.11. The molecule has 4 N–H and O–H groups in total. The summed E-state index contributed by atoms with van der Waals surface area (Å²) in [5, 5.41) is 7.61. The van der Waals surface area contributed by atoms with Crippen LogP contribution in [0.3, 0.4) is 0 Å². The summed E-state index contributed by atoms with van der Waals surface area (Å²) in [4.78, 5) is 62.8. The van der Waals surface area contributed by atoms with Gasteiger partial charge in [0, 0.05) is 6.54 Å². The Morgan fingerprint density at radius 1 is 1.03 bits per heavy atom. The van der Waals surface area contributed by atoms with Crippen molar-refractivity contribution in [3.05, 3.63) is 0 Å². The fraction of sp³-hybridized carbons (Fsp3) is 0.792. The van der Waals surface area contributed by atoms with Gasteiger partial charge in [-0.1, -0.05) is 34.6 Å². The zero-order valence-corrected chi connectivity index (χ0v) is 23.2. The molecule has 1 aliphatic heterocycles. The summed E-state index contributed by atoms with van der Waals surface area (Å²) in [5.74, 6) is -5.19. The number of amides is 5. The maximum Gasteiger partial charge on any atom is 0.471 e. The van der Waals surface area contributed by atoms with Crippen LogP contribution in [0.25, 0.3) is 0 Å². The SMILES string of the molecule is CC(C)C[C@H](NC(=O)[C@@H](NC(=O)C(F)(F)F)C(C)(C)C)C(=O)NN(C[C@@H]1CCNC1=O)C(=O)OC(C)(C)C. The van der Waals surface area contributed by atoms with Crippen LogP contribution in [0.4, 0.5) is 18.0 Å². The van der Waals surface area contributed by atoms with Gasteiger partial charge in [0.25, 0.3) is 5.91 Å². The molecule has 0 bridgehead atoms. The molecular formula is C24H40F3N5O6. The van der Waals surface area contributed by atoms with Crippen molar-refractivity contribution in [2.75, 3.05) is 13.1 Å². The van der Waals surface area contributed by atoms with Crippen LogP contribution in [0.2, 0.25) is 0 Å². The van der Waals surface area contributed by atoms with E-state index in [0.29, 0.717) is 13.0 Å². The van der Waals surface area contributed by atoms with Gasteiger partial charge in [-0.2, -0.15) is 13.2 Å². The Hall–Kier alpha value is -3.06. The van der Waals surface area contributed by atoms with Crippen molar-refractivity contribution in [1.29, 1.82) is 0 Å². The summed E-state index contributed by atoms with van der Waals surface area (Å²) in [7, 11) is 0. The van der Waals surface area contributed by atoms with E-state index >= 15 is 0 Å². The van der Waals surface area contributed by atoms with E-state index in [2.05, 4.69) is 16.1 Å². The van der Waals surface area contributed by atoms with E-state index in [1.165, 1.54) is 20.8 Å². The van der Waals surface area contributed by atoms with Gasteiger partial charge in [-0.25, -0.2) is 9.80 Å². The minimum absolute atomic E-state index is 0.0632. The van der Waals surface area contributed by atoms with Crippen LogP contribution in [-0.2, 0) is 23.9 Å². The van der Waals surface area contributed by atoms with Gasteiger partial charge in [-0.3, -0.25) is 24.6 Å². The average molecular weight is 552 g/mol. The molecule has 0 spiro atoms. The number of carbonyl (C=O) groups excluding carboxylic acids is 5. The number of carbonyl (C=O) groups is 5. The second-order valence-electron chi connectivity index (χ2n) is 11.8. The normalized spacial score (nSPS) is 17.8. The molecule has 1 fully saturated rings. The minimum atomic E-state index is -5.21. The maximum absolute atomic E-state index is 13.3. The van der Waals surface area contributed by atoms with Gasteiger partial charge in [-0.15, -0.1) is 0 Å². The van der Waals surface area contributed by atoms with E-state index in [0.717, 1.165) is 5.01 Å². The standard InChI is InChI=1S/C24H40F3N5O6/c1-13(2)11-15(29-19(35)16(22(3,4)5)30-20(36)24(25,26)27)18(34)31-32(21(37)38-23(6,7)8)12-14-9-10-28-17(14)33/h13-16H,9-12H2,1-8H3,(H,28,33)(H,29,35)(H,30,36)(H,31,34)/t14-,15-,16+/m0/s1. The molecule has 0 aliphatic carbocycles. The molecule has 1 saturated heterocycles. The summed E-state index contributed by atoms with van der Waals surface area (Å²) in [5.41, 5.74) is 0.345. The van der Waals surface area contributed by atoms with Crippen LogP contribution in [0.5, 0.6) is 0 Å². The van der Waals surface area contributed by atoms with Crippen molar-refractivity contribution in [3.8, 4) is 0 Å². The fourth-order valence-corrected chi connectivity index (χ4v) is 3.58. The summed E-state index contributed by atoms with van der Waals surface area (Å²) in [6, 6.07) is -2.90. The zero-order valence-electron chi connectivity index (χ0n) is 23.2. The highest BCUT2D eigenvalue weighted by molar-refractivity contribution is 5.94. The molecular weight excluding hydrogens is 511 g/mol. The zero-order chi connectivity index (χ0) is 29.6. The quantitative estimate of drug-likeness (QED) is 0.340. The molecule has 0 aromatic rings. The van der Waals surface area contributed by atoms with E-state index in [1.54, 1.807) is 39.9 Å². The van der Waals surface area contributed by atoms with Crippen LogP contribution in [-0.4, -0.2) is 71.7 Å². The molecule has 0 aromatic heterocycles. The third-order valence-electron chi connectivity index (χ3n) is 5.43. The Morgan fingerprint density at radius 2 is 1.61 bits per heavy atom. The summed E-state index contributed by atoms with van der Waals surface area (Å²) >= 11 is 0. The molecule has 0 radical (unpaired) electrons. The molecule has 1 rings (SSSR count). The molecule has 1 aliphatic rings.